The molecule has 0 bridgehead atoms. The molecule has 6 nitrogen and oxygen atoms in total. The standard InChI is InChI=1S/C13H14N2O4/c1-17-11-4-2-3-5-12(11)19-10-8-14-13(15-9-10)18-7-6-16/h2-5,8-9,16H,6-7H2,1H3. The molecule has 0 unspecified atom stereocenters. The van der Waals surface area contributed by atoms with Crippen LogP contribution in [0, 0.1) is 0 Å². The topological polar surface area (TPSA) is 73.7 Å². The zero-order valence-corrected chi connectivity index (χ0v) is 10.4. The maximum Gasteiger partial charge on any atom is 0.316 e. The van der Waals surface area contributed by atoms with Crippen LogP contribution in [0.5, 0.6) is 23.3 Å². The first-order chi connectivity index (χ1) is 9.33. The Kier molecular flexibility index (Phi) is 4.52. The van der Waals surface area contributed by atoms with E-state index in [0.29, 0.717) is 17.2 Å². The Morgan fingerprint density at radius 2 is 1.79 bits per heavy atom. The third-order valence-corrected chi connectivity index (χ3v) is 2.22. The summed E-state index contributed by atoms with van der Waals surface area (Å²) in [6, 6.07) is 7.48. The fourth-order valence-electron chi connectivity index (χ4n) is 1.40. The third kappa shape index (κ3) is 3.56. The van der Waals surface area contributed by atoms with Gasteiger partial charge in [-0.2, -0.15) is 9.97 Å². The highest BCUT2D eigenvalue weighted by Gasteiger charge is 2.05. The van der Waals surface area contributed by atoms with Crippen molar-refractivity contribution in [3.05, 3.63) is 36.7 Å². The van der Waals surface area contributed by atoms with E-state index in [1.54, 1.807) is 19.2 Å². The molecule has 0 atom stereocenters. The molecule has 100 valence electrons. The minimum absolute atomic E-state index is 0.0805. The van der Waals surface area contributed by atoms with E-state index in [9.17, 15) is 0 Å². The van der Waals surface area contributed by atoms with Gasteiger partial charge in [0.15, 0.2) is 17.2 Å². The molecule has 0 saturated heterocycles. The van der Waals surface area contributed by atoms with E-state index in [4.69, 9.17) is 19.3 Å². The highest BCUT2D eigenvalue weighted by atomic mass is 16.5. The van der Waals surface area contributed by atoms with Crippen molar-refractivity contribution >= 4 is 0 Å². The van der Waals surface area contributed by atoms with Gasteiger partial charge >= 0.3 is 6.01 Å². The second-order valence-electron chi connectivity index (χ2n) is 3.53. The molecule has 0 aliphatic heterocycles. The number of hydrogen-bond donors (Lipinski definition) is 1. The first-order valence-electron chi connectivity index (χ1n) is 5.70. The largest absolute Gasteiger partial charge is 0.493 e. The Labute approximate surface area is 110 Å². The third-order valence-electron chi connectivity index (χ3n) is 2.22. The van der Waals surface area contributed by atoms with Crippen LogP contribution in [0.25, 0.3) is 0 Å². The normalized spacial score (nSPS) is 10.0. The highest BCUT2D eigenvalue weighted by molar-refractivity contribution is 5.41. The van der Waals surface area contributed by atoms with Crippen molar-refractivity contribution in [3.8, 4) is 23.3 Å². The van der Waals surface area contributed by atoms with Gasteiger partial charge < -0.3 is 19.3 Å². The summed E-state index contributed by atoms with van der Waals surface area (Å²) < 4.78 is 15.8. The summed E-state index contributed by atoms with van der Waals surface area (Å²) in [4.78, 5) is 7.92. The Bertz CT molecular complexity index is 516. The van der Waals surface area contributed by atoms with Crippen LogP contribution in [0.2, 0.25) is 0 Å². The molecule has 0 aliphatic rings. The second-order valence-corrected chi connectivity index (χ2v) is 3.53. The van der Waals surface area contributed by atoms with E-state index in [2.05, 4.69) is 9.97 Å². The molecule has 1 N–H and O–H groups in total. The maximum absolute atomic E-state index is 8.62. The Hall–Kier alpha value is -2.34. The average Bonchev–Trinajstić information content (AvgIpc) is 2.47. The number of para-hydroxylation sites is 2. The number of rotatable bonds is 6. The zero-order valence-electron chi connectivity index (χ0n) is 10.4. The molecule has 0 aliphatic carbocycles. The summed E-state index contributed by atoms with van der Waals surface area (Å²) in [5.74, 6) is 1.68. The molecule has 0 saturated carbocycles. The Balaban J connectivity index is 2.06. The van der Waals surface area contributed by atoms with Crippen molar-refractivity contribution in [1.82, 2.24) is 9.97 Å². The lowest BCUT2D eigenvalue weighted by molar-refractivity contribution is 0.191. The van der Waals surface area contributed by atoms with Gasteiger partial charge in [0.05, 0.1) is 26.1 Å². The molecule has 1 aromatic heterocycles. The van der Waals surface area contributed by atoms with Gasteiger partial charge in [-0.25, -0.2) is 0 Å². The zero-order chi connectivity index (χ0) is 13.5. The van der Waals surface area contributed by atoms with E-state index < -0.39 is 0 Å². The Morgan fingerprint density at radius 3 is 2.42 bits per heavy atom. The first-order valence-corrected chi connectivity index (χ1v) is 5.70. The van der Waals surface area contributed by atoms with E-state index in [-0.39, 0.29) is 19.2 Å². The lowest BCUT2D eigenvalue weighted by Crippen LogP contribution is -2.04. The quantitative estimate of drug-likeness (QED) is 0.853. The number of aromatic nitrogens is 2. The van der Waals surface area contributed by atoms with E-state index >= 15 is 0 Å². The molecule has 6 heteroatoms. The number of hydrogen-bond acceptors (Lipinski definition) is 6. The predicted molar refractivity (Wildman–Crippen MR) is 67.7 cm³/mol. The molecule has 1 aromatic carbocycles. The minimum atomic E-state index is -0.0805. The van der Waals surface area contributed by atoms with Crippen LogP contribution >= 0.6 is 0 Å². The number of nitrogens with zero attached hydrogens (tertiary/aromatic N) is 2. The lowest BCUT2D eigenvalue weighted by Gasteiger charge is -2.09. The SMILES string of the molecule is COc1ccccc1Oc1cnc(OCCO)nc1. The van der Waals surface area contributed by atoms with Gasteiger partial charge in [0.1, 0.15) is 6.61 Å². The first kappa shape index (κ1) is 13.1. The molecule has 0 radical (unpaired) electrons. The number of aliphatic hydroxyl groups is 1. The van der Waals surface area contributed by atoms with Gasteiger partial charge in [-0.15, -0.1) is 0 Å². The van der Waals surface area contributed by atoms with Gasteiger partial charge in [-0.05, 0) is 12.1 Å². The minimum Gasteiger partial charge on any atom is -0.493 e. The molecule has 0 spiro atoms. The molecule has 2 aromatic rings. The second kappa shape index (κ2) is 6.55. The maximum atomic E-state index is 8.62. The van der Waals surface area contributed by atoms with E-state index in [0.717, 1.165) is 0 Å². The summed E-state index contributed by atoms with van der Waals surface area (Å²) in [7, 11) is 1.57. The molecule has 19 heavy (non-hydrogen) atoms. The van der Waals surface area contributed by atoms with E-state index in [1.807, 2.05) is 12.1 Å². The molecular formula is C13H14N2O4. The summed E-state index contributed by atoms with van der Waals surface area (Å²) in [6.45, 7) is 0.0789. The van der Waals surface area contributed by atoms with Crippen LogP contribution in [0.1, 0.15) is 0 Å². The lowest BCUT2D eigenvalue weighted by atomic mass is 10.3. The fraction of sp³-hybridized carbons (Fsp3) is 0.231. The monoisotopic (exact) mass is 262 g/mol. The van der Waals surface area contributed by atoms with Crippen molar-refractivity contribution in [2.24, 2.45) is 0 Å². The number of aliphatic hydroxyl groups excluding tert-OH is 1. The van der Waals surface area contributed by atoms with Crippen molar-refractivity contribution in [1.29, 1.82) is 0 Å². The van der Waals surface area contributed by atoms with Gasteiger partial charge in [-0.3, -0.25) is 0 Å². The van der Waals surface area contributed by atoms with Crippen LogP contribution in [-0.2, 0) is 0 Å². The number of benzene rings is 1. The van der Waals surface area contributed by atoms with Crippen molar-refractivity contribution in [2.75, 3.05) is 20.3 Å². The van der Waals surface area contributed by atoms with E-state index in [1.165, 1.54) is 12.4 Å². The average molecular weight is 262 g/mol. The molecule has 1 heterocycles. The smallest absolute Gasteiger partial charge is 0.316 e. The summed E-state index contributed by atoms with van der Waals surface area (Å²) in [5.41, 5.74) is 0. The fourth-order valence-corrected chi connectivity index (χ4v) is 1.40. The Morgan fingerprint density at radius 1 is 1.11 bits per heavy atom. The van der Waals surface area contributed by atoms with Crippen LogP contribution in [0.4, 0.5) is 0 Å². The van der Waals surface area contributed by atoms with Crippen LogP contribution < -0.4 is 14.2 Å². The molecule has 0 amide bonds. The van der Waals surface area contributed by atoms with Crippen LogP contribution in [-0.4, -0.2) is 35.4 Å². The van der Waals surface area contributed by atoms with Gasteiger partial charge in [0.2, 0.25) is 0 Å². The van der Waals surface area contributed by atoms with Gasteiger partial charge in [0, 0.05) is 0 Å². The van der Waals surface area contributed by atoms with Gasteiger partial charge in [-0.1, -0.05) is 12.1 Å². The summed E-state index contributed by atoms with van der Waals surface area (Å²) in [5, 5.41) is 8.62. The van der Waals surface area contributed by atoms with Crippen molar-refractivity contribution in [2.45, 2.75) is 0 Å². The number of ether oxygens (including phenoxy) is 3. The van der Waals surface area contributed by atoms with Gasteiger partial charge in [0.25, 0.3) is 0 Å². The molecular weight excluding hydrogens is 248 g/mol. The van der Waals surface area contributed by atoms with Crippen LogP contribution in [0.15, 0.2) is 36.7 Å². The summed E-state index contributed by atoms with van der Waals surface area (Å²) >= 11 is 0. The predicted octanol–water partition coefficient (Wildman–Crippen LogP) is 1.65. The number of methoxy groups -OCH3 is 1. The van der Waals surface area contributed by atoms with Crippen molar-refractivity contribution < 1.29 is 19.3 Å². The molecule has 2 rings (SSSR count). The van der Waals surface area contributed by atoms with Crippen LogP contribution in [0.3, 0.4) is 0 Å². The highest BCUT2D eigenvalue weighted by Crippen LogP contribution is 2.30. The summed E-state index contributed by atoms with van der Waals surface area (Å²) in [6.07, 6.45) is 2.98. The van der Waals surface area contributed by atoms with Crippen molar-refractivity contribution in [3.63, 3.8) is 0 Å². The molecule has 0 fully saturated rings.